The van der Waals surface area contributed by atoms with Gasteiger partial charge >= 0.3 is 0 Å². The molecule has 0 aliphatic carbocycles. The second-order valence-corrected chi connectivity index (χ2v) is 10.1. The summed E-state index contributed by atoms with van der Waals surface area (Å²) in [5.74, 6) is 0. The average Bonchev–Trinajstić information content (AvgIpc) is 3.65. The molecule has 0 unspecified atom stereocenters. The number of benzene rings is 6. The maximum Gasteiger partial charge on any atom is 0.137 e. The van der Waals surface area contributed by atoms with E-state index in [-0.39, 0.29) is 0 Å². The van der Waals surface area contributed by atoms with Gasteiger partial charge in [-0.1, -0.05) is 84.9 Å². The Hall–Kier alpha value is -5.28. The molecular formula is C36H22N2O. The Morgan fingerprint density at radius 1 is 0.385 bits per heavy atom. The molecule has 182 valence electrons. The summed E-state index contributed by atoms with van der Waals surface area (Å²) >= 11 is 0. The van der Waals surface area contributed by atoms with Gasteiger partial charge in [0.25, 0.3) is 0 Å². The summed E-state index contributed by atoms with van der Waals surface area (Å²) in [6, 6.07) is 47.5. The fourth-order valence-electron chi connectivity index (χ4n) is 6.56. The number of rotatable bonds is 2. The number of nitrogens with zero attached hydrogens (tertiary/aromatic N) is 2. The number of furan rings is 1. The molecule has 0 N–H and O–H groups in total. The molecule has 0 spiro atoms. The largest absolute Gasteiger partial charge is 0.456 e. The lowest BCUT2D eigenvalue weighted by Crippen LogP contribution is -1.95. The maximum absolute atomic E-state index is 6.28. The predicted octanol–water partition coefficient (Wildman–Crippen LogP) is 9.78. The molecule has 3 nitrogen and oxygen atoms in total. The van der Waals surface area contributed by atoms with E-state index in [0.29, 0.717) is 0 Å². The molecule has 39 heavy (non-hydrogen) atoms. The zero-order chi connectivity index (χ0) is 25.5. The lowest BCUT2D eigenvalue weighted by atomic mass is 10.1. The van der Waals surface area contributed by atoms with Crippen molar-refractivity contribution in [1.82, 2.24) is 9.13 Å². The SMILES string of the molecule is c1ccc(-n2c3ccccc3c3ccc4c(c5ccccc5n4-c4cccc5oc6ccccc6c45)c32)cc1. The zero-order valence-corrected chi connectivity index (χ0v) is 21.0. The van der Waals surface area contributed by atoms with E-state index in [1.807, 2.05) is 12.1 Å². The zero-order valence-electron chi connectivity index (χ0n) is 21.0. The molecule has 0 saturated heterocycles. The molecular weight excluding hydrogens is 476 g/mol. The highest BCUT2D eigenvalue weighted by Gasteiger charge is 2.22. The van der Waals surface area contributed by atoms with Gasteiger partial charge in [-0.25, -0.2) is 0 Å². The number of hydrogen-bond acceptors (Lipinski definition) is 1. The van der Waals surface area contributed by atoms with Crippen LogP contribution in [-0.4, -0.2) is 9.13 Å². The molecule has 0 saturated carbocycles. The molecule has 0 fully saturated rings. The van der Waals surface area contributed by atoms with E-state index in [0.717, 1.165) is 33.3 Å². The third-order valence-electron chi connectivity index (χ3n) is 8.11. The van der Waals surface area contributed by atoms with Gasteiger partial charge in [-0.05, 0) is 48.5 Å². The molecule has 0 atom stereocenters. The van der Waals surface area contributed by atoms with Crippen LogP contribution in [0.3, 0.4) is 0 Å². The van der Waals surface area contributed by atoms with Crippen molar-refractivity contribution in [3.63, 3.8) is 0 Å². The number of hydrogen-bond donors (Lipinski definition) is 0. The van der Waals surface area contributed by atoms with E-state index < -0.39 is 0 Å². The molecule has 3 heterocycles. The van der Waals surface area contributed by atoms with Gasteiger partial charge in [-0.2, -0.15) is 0 Å². The first-order chi connectivity index (χ1) is 19.4. The fraction of sp³-hybridized carbons (Fsp3) is 0. The normalized spacial score (nSPS) is 12.1. The van der Waals surface area contributed by atoms with Crippen LogP contribution in [0.4, 0.5) is 0 Å². The Labute approximate surface area is 223 Å². The standard InChI is InChI=1S/C36H22N2O/c1-2-11-23(12-3-1)37-28-16-7-4-13-24(28)25-21-22-31-35(36(25)37)26-14-5-8-17-29(26)38(31)30-18-10-20-33-34(30)27-15-6-9-19-32(27)39-33/h1-22H. The first-order valence-corrected chi connectivity index (χ1v) is 13.3. The van der Waals surface area contributed by atoms with Crippen molar-refractivity contribution in [1.29, 1.82) is 0 Å². The van der Waals surface area contributed by atoms with Gasteiger partial charge in [-0.15, -0.1) is 0 Å². The van der Waals surface area contributed by atoms with Gasteiger partial charge in [0.2, 0.25) is 0 Å². The summed E-state index contributed by atoms with van der Waals surface area (Å²) in [6.07, 6.45) is 0. The summed E-state index contributed by atoms with van der Waals surface area (Å²) in [5.41, 5.74) is 8.92. The first-order valence-electron chi connectivity index (χ1n) is 13.3. The van der Waals surface area contributed by atoms with E-state index in [9.17, 15) is 0 Å². The van der Waals surface area contributed by atoms with E-state index in [1.165, 1.54) is 43.6 Å². The molecule has 3 aromatic heterocycles. The van der Waals surface area contributed by atoms with Crippen molar-refractivity contribution in [3.8, 4) is 11.4 Å². The average molecular weight is 499 g/mol. The Morgan fingerprint density at radius 3 is 1.90 bits per heavy atom. The monoisotopic (exact) mass is 498 g/mol. The summed E-state index contributed by atoms with van der Waals surface area (Å²) in [4.78, 5) is 0. The quantitative estimate of drug-likeness (QED) is 0.233. The summed E-state index contributed by atoms with van der Waals surface area (Å²) in [5, 5.41) is 7.29. The Bertz CT molecular complexity index is 2390. The van der Waals surface area contributed by atoms with Gasteiger partial charge in [0.15, 0.2) is 0 Å². The van der Waals surface area contributed by atoms with Gasteiger partial charge in [-0.3, -0.25) is 0 Å². The fourth-order valence-corrected chi connectivity index (χ4v) is 6.56. The minimum absolute atomic E-state index is 0.902. The maximum atomic E-state index is 6.28. The van der Waals surface area contributed by atoms with Crippen LogP contribution >= 0.6 is 0 Å². The lowest BCUT2D eigenvalue weighted by Gasteiger charge is -2.11. The van der Waals surface area contributed by atoms with Crippen molar-refractivity contribution < 1.29 is 4.42 Å². The third kappa shape index (κ3) is 2.71. The Kier molecular flexibility index (Phi) is 4.05. The molecule has 0 aliphatic heterocycles. The van der Waals surface area contributed by atoms with Crippen LogP contribution in [0, 0.1) is 0 Å². The topological polar surface area (TPSA) is 23.0 Å². The number of fused-ring (bicyclic) bond motifs is 10. The van der Waals surface area contributed by atoms with Gasteiger partial charge in [0, 0.05) is 32.6 Å². The van der Waals surface area contributed by atoms with Crippen LogP contribution in [0.2, 0.25) is 0 Å². The van der Waals surface area contributed by atoms with Gasteiger partial charge < -0.3 is 13.6 Å². The van der Waals surface area contributed by atoms with Crippen LogP contribution in [0.1, 0.15) is 0 Å². The van der Waals surface area contributed by atoms with Crippen molar-refractivity contribution in [2.75, 3.05) is 0 Å². The molecule has 0 radical (unpaired) electrons. The summed E-state index contributed by atoms with van der Waals surface area (Å²) in [7, 11) is 0. The molecule has 3 heteroatoms. The highest BCUT2D eigenvalue weighted by atomic mass is 16.3. The number of aromatic nitrogens is 2. The molecule has 6 aromatic carbocycles. The minimum Gasteiger partial charge on any atom is -0.456 e. The van der Waals surface area contributed by atoms with E-state index in [4.69, 9.17) is 4.42 Å². The van der Waals surface area contributed by atoms with Crippen LogP contribution in [0.15, 0.2) is 138 Å². The van der Waals surface area contributed by atoms with Crippen molar-refractivity contribution >= 4 is 65.6 Å². The Morgan fingerprint density at radius 2 is 1.05 bits per heavy atom. The minimum atomic E-state index is 0.902. The van der Waals surface area contributed by atoms with Crippen LogP contribution in [0.5, 0.6) is 0 Å². The Balaban J connectivity index is 1.53. The molecule has 9 rings (SSSR count). The van der Waals surface area contributed by atoms with Crippen molar-refractivity contribution in [2.45, 2.75) is 0 Å². The van der Waals surface area contributed by atoms with E-state index in [2.05, 4.69) is 130 Å². The molecule has 9 aromatic rings. The van der Waals surface area contributed by atoms with E-state index in [1.54, 1.807) is 0 Å². The first kappa shape index (κ1) is 20.7. The van der Waals surface area contributed by atoms with Crippen molar-refractivity contribution in [2.24, 2.45) is 0 Å². The summed E-state index contributed by atoms with van der Waals surface area (Å²) < 4.78 is 11.1. The highest BCUT2D eigenvalue weighted by Crippen LogP contribution is 2.43. The third-order valence-corrected chi connectivity index (χ3v) is 8.11. The molecule has 0 amide bonds. The second-order valence-electron chi connectivity index (χ2n) is 10.1. The summed E-state index contributed by atoms with van der Waals surface area (Å²) in [6.45, 7) is 0. The van der Waals surface area contributed by atoms with Gasteiger partial charge in [0.1, 0.15) is 11.2 Å². The lowest BCUT2D eigenvalue weighted by molar-refractivity contribution is 0.669. The molecule has 0 bridgehead atoms. The van der Waals surface area contributed by atoms with E-state index >= 15 is 0 Å². The van der Waals surface area contributed by atoms with Crippen LogP contribution in [-0.2, 0) is 0 Å². The highest BCUT2D eigenvalue weighted by molar-refractivity contribution is 6.26. The number of para-hydroxylation sites is 4. The van der Waals surface area contributed by atoms with Crippen LogP contribution < -0.4 is 0 Å². The predicted molar refractivity (Wildman–Crippen MR) is 162 cm³/mol. The van der Waals surface area contributed by atoms with Gasteiger partial charge in [0.05, 0.1) is 33.1 Å². The second kappa shape index (κ2) is 7.62. The van der Waals surface area contributed by atoms with Crippen LogP contribution in [0.25, 0.3) is 76.9 Å². The van der Waals surface area contributed by atoms with Crippen molar-refractivity contribution in [3.05, 3.63) is 133 Å². The smallest absolute Gasteiger partial charge is 0.137 e. The molecule has 0 aliphatic rings.